The molecule has 0 fully saturated rings. The van der Waals surface area contributed by atoms with E-state index in [9.17, 15) is 9.59 Å². The van der Waals surface area contributed by atoms with Crippen LogP contribution < -0.4 is 19.9 Å². The molecule has 0 saturated heterocycles. The lowest BCUT2D eigenvalue weighted by Crippen LogP contribution is -2.41. The zero-order valence-electron chi connectivity index (χ0n) is 23.8. The SMILES string of the molecule is CSc1ncc2c(n1)N(C)CCN(c1cccc(OC(C)(CCOC(=O)NC(C)(C)C)c3cccnc3)c1)C2=O. The molecule has 3 heterocycles. The summed E-state index contributed by atoms with van der Waals surface area (Å²) in [6.45, 7) is 8.83. The third-order valence-corrected chi connectivity index (χ3v) is 7.02. The van der Waals surface area contributed by atoms with Crippen molar-refractivity contribution in [2.45, 2.75) is 50.4 Å². The minimum Gasteiger partial charge on any atom is -0.483 e. The summed E-state index contributed by atoms with van der Waals surface area (Å²) in [4.78, 5) is 42.7. The molecule has 1 aliphatic heterocycles. The second-order valence-corrected chi connectivity index (χ2v) is 11.6. The van der Waals surface area contributed by atoms with Crippen molar-refractivity contribution in [2.75, 3.05) is 42.8 Å². The number of anilines is 2. The molecule has 40 heavy (non-hydrogen) atoms. The van der Waals surface area contributed by atoms with Crippen molar-refractivity contribution in [3.63, 3.8) is 0 Å². The zero-order valence-corrected chi connectivity index (χ0v) is 24.6. The van der Waals surface area contributed by atoms with E-state index < -0.39 is 17.2 Å². The molecule has 4 rings (SSSR count). The number of ether oxygens (including phenoxy) is 2. The molecule has 11 heteroatoms. The number of hydrogen-bond donors (Lipinski definition) is 1. The van der Waals surface area contributed by atoms with Gasteiger partial charge in [-0.1, -0.05) is 23.9 Å². The molecule has 2 aromatic heterocycles. The summed E-state index contributed by atoms with van der Waals surface area (Å²) in [5.41, 5.74) is 0.738. The summed E-state index contributed by atoms with van der Waals surface area (Å²) in [7, 11) is 1.93. The fourth-order valence-corrected chi connectivity index (χ4v) is 4.67. The van der Waals surface area contributed by atoms with E-state index in [0.29, 0.717) is 47.5 Å². The molecule has 3 aromatic rings. The van der Waals surface area contributed by atoms with Gasteiger partial charge in [-0.05, 0) is 52.1 Å². The lowest BCUT2D eigenvalue weighted by Gasteiger charge is -2.32. The number of benzene rings is 1. The number of nitrogens with zero attached hydrogens (tertiary/aromatic N) is 5. The highest BCUT2D eigenvalue weighted by Crippen LogP contribution is 2.34. The number of likely N-dealkylation sites (N-methyl/N-ethyl adjacent to an activating group) is 1. The Kier molecular flexibility index (Phi) is 8.82. The van der Waals surface area contributed by atoms with Crippen LogP contribution in [-0.4, -0.2) is 65.5 Å². The van der Waals surface area contributed by atoms with Crippen LogP contribution in [-0.2, 0) is 10.3 Å². The maximum absolute atomic E-state index is 13.6. The minimum atomic E-state index is -0.855. The lowest BCUT2D eigenvalue weighted by molar-refractivity contribution is 0.0467. The summed E-state index contributed by atoms with van der Waals surface area (Å²) in [6.07, 6.45) is 6.85. The number of nitrogens with one attached hydrogen (secondary N) is 1. The summed E-state index contributed by atoms with van der Waals surface area (Å²) in [5, 5.41) is 3.42. The van der Waals surface area contributed by atoms with Gasteiger partial charge >= 0.3 is 6.09 Å². The predicted octanol–water partition coefficient (Wildman–Crippen LogP) is 4.90. The molecule has 10 nitrogen and oxygen atoms in total. The summed E-state index contributed by atoms with van der Waals surface area (Å²) >= 11 is 1.44. The Balaban J connectivity index is 1.57. The van der Waals surface area contributed by atoms with Crippen LogP contribution in [0.1, 0.15) is 50.0 Å². The molecule has 0 bridgehead atoms. The van der Waals surface area contributed by atoms with Gasteiger partial charge in [0.25, 0.3) is 5.91 Å². The standard InChI is InChI=1S/C29H36N6O4S/c1-28(2,3)33-27(37)38-16-12-29(4,20-9-8-13-30-18-20)39-22-11-7-10-21(17-22)35-15-14-34(5)24-23(25(35)36)19-31-26(32-24)40-6/h7-11,13,17-19H,12,14-16H2,1-6H3,(H,33,37). The molecule has 0 aliphatic carbocycles. The van der Waals surface area contributed by atoms with Gasteiger partial charge in [-0.2, -0.15) is 0 Å². The van der Waals surface area contributed by atoms with Gasteiger partial charge < -0.3 is 24.6 Å². The van der Waals surface area contributed by atoms with Gasteiger partial charge in [-0.25, -0.2) is 14.8 Å². The monoisotopic (exact) mass is 564 g/mol. The average Bonchev–Trinajstić information content (AvgIpc) is 3.04. The molecule has 1 N–H and O–H groups in total. The van der Waals surface area contributed by atoms with Crippen molar-refractivity contribution >= 4 is 35.3 Å². The smallest absolute Gasteiger partial charge is 0.407 e. The van der Waals surface area contributed by atoms with Crippen LogP contribution in [0.2, 0.25) is 0 Å². The molecular formula is C29H36N6O4S. The van der Waals surface area contributed by atoms with Crippen LogP contribution in [0.3, 0.4) is 0 Å². The van der Waals surface area contributed by atoms with Crippen molar-refractivity contribution in [1.82, 2.24) is 20.3 Å². The molecule has 1 aromatic carbocycles. The number of pyridine rings is 1. The first kappa shape index (κ1) is 29.1. The van der Waals surface area contributed by atoms with Crippen molar-refractivity contribution in [1.29, 1.82) is 0 Å². The van der Waals surface area contributed by atoms with Gasteiger partial charge in [0.15, 0.2) is 5.16 Å². The van der Waals surface area contributed by atoms with E-state index >= 15 is 0 Å². The molecule has 1 aliphatic rings. The van der Waals surface area contributed by atoms with Gasteiger partial charge in [-0.3, -0.25) is 9.78 Å². The molecule has 1 atom stereocenters. The van der Waals surface area contributed by atoms with Crippen molar-refractivity contribution in [3.05, 3.63) is 66.1 Å². The Hall–Kier alpha value is -3.86. The fourth-order valence-electron chi connectivity index (χ4n) is 4.33. The quantitative estimate of drug-likeness (QED) is 0.302. The average molecular weight is 565 g/mol. The molecular weight excluding hydrogens is 528 g/mol. The summed E-state index contributed by atoms with van der Waals surface area (Å²) in [6, 6.07) is 11.2. The lowest BCUT2D eigenvalue weighted by atomic mass is 9.94. The van der Waals surface area contributed by atoms with E-state index in [2.05, 4.69) is 20.3 Å². The van der Waals surface area contributed by atoms with E-state index in [0.717, 1.165) is 5.56 Å². The highest BCUT2D eigenvalue weighted by atomic mass is 32.2. The van der Waals surface area contributed by atoms with Crippen LogP contribution >= 0.6 is 11.8 Å². The molecule has 212 valence electrons. The topological polar surface area (TPSA) is 110 Å². The molecule has 2 amide bonds. The van der Waals surface area contributed by atoms with Crippen molar-refractivity contribution in [2.24, 2.45) is 0 Å². The van der Waals surface area contributed by atoms with Gasteiger partial charge in [0, 0.05) is 68.0 Å². The number of alkyl carbamates (subject to hydrolysis) is 1. The molecule has 0 spiro atoms. The highest BCUT2D eigenvalue weighted by molar-refractivity contribution is 7.98. The second kappa shape index (κ2) is 12.1. The van der Waals surface area contributed by atoms with Crippen LogP contribution in [0.15, 0.2) is 60.1 Å². The molecule has 0 radical (unpaired) electrons. The van der Waals surface area contributed by atoms with Crippen LogP contribution in [0, 0.1) is 0 Å². The van der Waals surface area contributed by atoms with Crippen molar-refractivity contribution in [3.8, 4) is 5.75 Å². The Morgan fingerprint density at radius 1 is 1.12 bits per heavy atom. The first-order chi connectivity index (χ1) is 19.0. The number of amides is 2. The summed E-state index contributed by atoms with van der Waals surface area (Å²) in [5.74, 6) is 1.03. The number of thioether (sulfide) groups is 1. The largest absolute Gasteiger partial charge is 0.483 e. The predicted molar refractivity (Wildman–Crippen MR) is 156 cm³/mol. The Morgan fingerprint density at radius 3 is 2.62 bits per heavy atom. The van der Waals surface area contributed by atoms with Crippen LogP contribution in [0.4, 0.5) is 16.3 Å². The highest BCUT2D eigenvalue weighted by Gasteiger charge is 2.32. The first-order valence-corrected chi connectivity index (χ1v) is 14.3. The molecule has 1 unspecified atom stereocenters. The zero-order chi connectivity index (χ0) is 28.9. The van der Waals surface area contributed by atoms with E-state index in [1.54, 1.807) is 23.5 Å². The number of fused-ring (bicyclic) bond motifs is 1. The maximum atomic E-state index is 13.6. The van der Waals surface area contributed by atoms with Gasteiger partial charge in [0.05, 0.1) is 6.61 Å². The van der Waals surface area contributed by atoms with Gasteiger partial charge in [0.2, 0.25) is 0 Å². The Labute approximate surface area is 239 Å². The normalized spacial score (nSPS) is 15.1. The van der Waals surface area contributed by atoms with Gasteiger partial charge in [0.1, 0.15) is 22.7 Å². The Bertz CT molecular complexity index is 1350. The minimum absolute atomic E-state index is 0.138. The van der Waals surface area contributed by atoms with E-state index in [-0.39, 0.29) is 12.5 Å². The third-order valence-electron chi connectivity index (χ3n) is 6.46. The Morgan fingerprint density at radius 2 is 1.93 bits per heavy atom. The van der Waals surface area contributed by atoms with Crippen LogP contribution in [0.25, 0.3) is 0 Å². The van der Waals surface area contributed by atoms with Gasteiger partial charge in [-0.15, -0.1) is 0 Å². The van der Waals surface area contributed by atoms with Crippen molar-refractivity contribution < 1.29 is 19.1 Å². The van der Waals surface area contributed by atoms with E-state index in [4.69, 9.17) is 9.47 Å². The van der Waals surface area contributed by atoms with E-state index in [1.165, 1.54) is 11.8 Å². The first-order valence-electron chi connectivity index (χ1n) is 13.1. The molecule has 0 saturated carbocycles. The maximum Gasteiger partial charge on any atom is 0.407 e. The number of rotatable bonds is 8. The second-order valence-electron chi connectivity index (χ2n) is 10.8. The number of carbonyl (C=O) groups excluding carboxylic acids is 2. The number of aromatic nitrogens is 3. The fraction of sp³-hybridized carbons (Fsp3) is 0.414. The number of carbonyl (C=O) groups is 2. The van der Waals surface area contributed by atoms with E-state index in [1.807, 2.05) is 82.3 Å². The third kappa shape index (κ3) is 7.01. The number of hydrogen-bond acceptors (Lipinski definition) is 9. The van der Waals surface area contributed by atoms with Crippen LogP contribution in [0.5, 0.6) is 5.75 Å². The summed E-state index contributed by atoms with van der Waals surface area (Å²) < 4.78 is 12.0.